The molecule has 0 radical (unpaired) electrons. The number of carbonyl (C=O) groups is 2. The van der Waals surface area contributed by atoms with Gasteiger partial charge in [-0.1, -0.05) is 30.3 Å². The Morgan fingerprint density at radius 1 is 1.28 bits per heavy atom. The van der Waals surface area contributed by atoms with Gasteiger partial charge in [-0.2, -0.15) is 5.26 Å². The van der Waals surface area contributed by atoms with Crippen molar-refractivity contribution in [3.8, 4) is 6.07 Å². The number of aromatic nitrogens is 1. The number of pyridine rings is 1. The third kappa shape index (κ3) is 7.19. The molecule has 2 aromatic rings. The van der Waals surface area contributed by atoms with Crippen LogP contribution in [0.1, 0.15) is 41.3 Å². The highest BCUT2D eigenvalue weighted by atomic mass is 32.2. The number of nitrogens with zero attached hydrogens (tertiary/aromatic N) is 3. The van der Waals surface area contributed by atoms with Gasteiger partial charge in [-0.05, 0) is 31.4 Å². The number of rotatable bonds is 10. The van der Waals surface area contributed by atoms with Crippen LogP contribution in [0.2, 0.25) is 0 Å². The Kier molecular flexibility index (Phi) is 9.69. The molecule has 0 aliphatic carbocycles. The third-order valence-corrected chi connectivity index (χ3v) is 7.73. The number of ether oxygens (including phenoxy) is 1. The maximum atomic E-state index is 12.7. The van der Waals surface area contributed by atoms with Crippen LogP contribution in [0.3, 0.4) is 0 Å². The molecule has 192 valence electrons. The second kappa shape index (κ2) is 12.7. The normalized spacial score (nSPS) is 14.2. The summed E-state index contributed by atoms with van der Waals surface area (Å²) in [6.07, 6.45) is 0.746. The third-order valence-electron chi connectivity index (χ3n) is 5.53. The highest BCUT2D eigenvalue weighted by Crippen LogP contribution is 2.31. The lowest BCUT2D eigenvalue weighted by Crippen LogP contribution is -2.43. The zero-order valence-corrected chi connectivity index (χ0v) is 21.5. The molecule has 1 fully saturated rings. The van der Waals surface area contributed by atoms with Crippen molar-refractivity contribution in [2.24, 2.45) is 5.92 Å². The van der Waals surface area contributed by atoms with Crippen LogP contribution in [0, 0.1) is 17.2 Å². The SMILES string of the molecule is CCOC(=O)c1cc(C#N)c(N2CCC(C(=O)NS(=O)(=O)Cc3ccccc3)CC2)nc1SCCO. The number of hydrogen-bond acceptors (Lipinski definition) is 10. The first-order valence-corrected chi connectivity index (χ1v) is 14.1. The lowest BCUT2D eigenvalue weighted by atomic mass is 9.96. The largest absolute Gasteiger partial charge is 0.462 e. The zero-order valence-electron chi connectivity index (χ0n) is 19.8. The summed E-state index contributed by atoms with van der Waals surface area (Å²) in [6, 6.07) is 12.1. The Balaban J connectivity index is 1.70. The van der Waals surface area contributed by atoms with Crippen molar-refractivity contribution in [3.05, 3.63) is 53.1 Å². The number of sulfonamides is 1. The van der Waals surface area contributed by atoms with Gasteiger partial charge in [0.1, 0.15) is 16.9 Å². The molecule has 1 aromatic heterocycles. The van der Waals surface area contributed by atoms with Gasteiger partial charge in [-0.25, -0.2) is 18.2 Å². The Bertz CT molecular complexity index is 1220. The van der Waals surface area contributed by atoms with Gasteiger partial charge in [0.15, 0.2) is 0 Å². The van der Waals surface area contributed by atoms with E-state index in [-0.39, 0.29) is 30.1 Å². The van der Waals surface area contributed by atoms with E-state index in [1.54, 1.807) is 37.3 Å². The summed E-state index contributed by atoms with van der Waals surface area (Å²) in [5.74, 6) is -1.24. The van der Waals surface area contributed by atoms with Crippen LogP contribution < -0.4 is 9.62 Å². The summed E-state index contributed by atoms with van der Waals surface area (Å²) in [4.78, 5) is 31.4. The van der Waals surface area contributed by atoms with Crippen LogP contribution >= 0.6 is 11.8 Å². The molecule has 36 heavy (non-hydrogen) atoms. The number of nitrogens with one attached hydrogen (secondary N) is 1. The molecular weight excluding hydrogens is 504 g/mol. The molecule has 2 heterocycles. The number of amides is 1. The van der Waals surface area contributed by atoms with Gasteiger partial charge in [0.25, 0.3) is 0 Å². The van der Waals surface area contributed by atoms with Gasteiger partial charge in [0.05, 0.1) is 30.1 Å². The average Bonchev–Trinajstić information content (AvgIpc) is 2.87. The maximum absolute atomic E-state index is 12.7. The summed E-state index contributed by atoms with van der Waals surface area (Å²) in [5.41, 5.74) is 0.942. The molecule has 0 spiro atoms. The number of anilines is 1. The molecule has 0 saturated carbocycles. The van der Waals surface area contributed by atoms with Crippen LogP contribution in [0.5, 0.6) is 0 Å². The number of esters is 1. The molecule has 3 rings (SSSR count). The van der Waals surface area contributed by atoms with Gasteiger partial charge in [-0.3, -0.25) is 9.52 Å². The number of piperidine rings is 1. The summed E-state index contributed by atoms with van der Waals surface area (Å²) >= 11 is 1.18. The monoisotopic (exact) mass is 532 g/mol. The van der Waals surface area contributed by atoms with Gasteiger partial charge in [-0.15, -0.1) is 11.8 Å². The van der Waals surface area contributed by atoms with E-state index in [9.17, 15) is 28.4 Å². The van der Waals surface area contributed by atoms with Crippen LogP contribution in [0.25, 0.3) is 0 Å². The second-order valence-electron chi connectivity index (χ2n) is 8.09. The first-order chi connectivity index (χ1) is 17.3. The Labute approximate surface area is 214 Å². The van der Waals surface area contributed by atoms with Crippen molar-refractivity contribution in [2.75, 3.05) is 37.0 Å². The minimum atomic E-state index is -3.83. The summed E-state index contributed by atoms with van der Waals surface area (Å²) in [5, 5.41) is 19.3. The van der Waals surface area contributed by atoms with Gasteiger partial charge in [0.2, 0.25) is 15.9 Å². The lowest BCUT2D eigenvalue weighted by Gasteiger charge is -2.32. The van der Waals surface area contributed by atoms with Crippen molar-refractivity contribution in [1.82, 2.24) is 9.71 Å². The van der Waals surface area contributed by atoms with Crippen LogP contribution in [-0.2, 0) is 25.3 Å². The topological polar surface area (TPSA) is 150 Å². The molecular formula is C24H28N4O6S2. The number of nitriles is 1. The lowest BCUT2D eigenvalue weighted by molar-refractivity contribution is -0.123. The maximum Gasteiger partial charge on any atom is 0.340 e. The minimum Gasteiger partial charge on any atom is -0.462 e. The number of benzene rings is 1. The Hall–Kier alpha value is -3.14. The van der Waals surface area contributed by atoms with E-state index < -0.39 is 27.8 Å². The van der Waals surface area contributed by atoms with Crippen molar-refractivity contribution in [3.63, 3.8) is 0 Å². The highest BCUT2D eigenvalue weighted by Gasteiger charge is 2.30. The molecule has 0 bridgehead atoms. The summed E-state index contributed by atoms with van der Waals surface area (Å²) in [7, 11) is -3.83. The van der Waals surface area contributed by atoms with E-state index in [0.29, 0.717) is 48.1 Å². The first kappa shape index (κ1) is 27.4. The van der Waals surface area contributed by atoms with Crippen LogP contribution in [0.4, 0.5) is 5.82 Å². The predicted octanol–water partition coefficient (Wildman–Crippen LogP) is 2.08. The molecule has 1 aliphatic rings. The fourth-order valence-corrected chi connectivity index (χ4v) is 5.75. The van der Waals surface area contributed by atoms with Crippen molar-refractivity contribution in [1.29, 1.82) is 5.26 Å². The molecule has 10 nitrogen and oxygen atoms in total. The number of hydrogen-bond donors (Lipinski definition) is 2. The Morgan fingerprint density at radius 2 is 1.97 bits per heavy atom. The number of thioether (sulfide) groups is 1. The average molecular weight is 533 g/mol. The van der Waals surface area contributed by atoms with Crippen LogP contribution in [0.15, 0.2) is 41.4 Å². The van der Waals surface area contributed by atoms with E-state index in [0.717, 1.165) is 0 Å². The van der Waals surface area contributed by atoms with Gasteiger partial charge in [0, 0.05) is 24.8 Å². The van der Waals surface area contributed by atoms with E-state index in [1.165, 1.54) is 17.8 Å². The number of carbonyl (C=O) groups excluding carboxylic acids is 2. The molecule has 0 atom stereocenters. The highest BCUT2D eigenvalue weighted by molar-refractivity contribution is 7.99. The van der Waals surface area contributed by atoms with E-state index in [2.05, 4.69) is 15.8 Å². The summed E-state index contributed by atoms with van der Waals surface area (Å²) < 4.78 is 32.1. The molecule has 12 heteroatoms. The first-order valence-electron chi connectivity index (χ1n) is 11.5. The fourth-order valence-electron chi connectivity index (χ4n) is 3.84. The van der Waals surface area contributed by atoms with Crippen molar-refractivity contribution >= 4 is 39.5 Å². The van der Waals surface area contributed by atoms with E-state index >= 15 is 0 Å². The molecule has 1 aliphatic heterocycles. The molecule has 1 amide bonds. The van der Waals surface area contributed by atoms with E-state index in [1.807, 2.05) is 4.90 Å². The van der Waals surface area contributed by atoms with E-state index in [4.69, 9.17) is 4.74 Å². The fraction of sp³-hybridized carbons (Fsp3) is 0.417. The molecule has 2 N–H and O–H groups in total. The molecule has 0 unspecified atom stereocenters. The van der Waals surface area contributed by atoms with Gasteiger partial charge >= 0.3 is 5.97 Å². The molecule has 1 aromatic carbocycles. The van der Waals surface area contributed by atoms with Crippen LogP contribution in [-0.4, -0.2) is 62.4 Å². The van der Waals surface area contributed by atoms with Gasteiger partial charge < -0.3 is 14.7 Å². The smallest absolute Gasteiger partial charge is 0.340 e. The predicted molar refractivity (Wildman–Crippen MR) is 135 cm³/mol. The quantitative estimate of drug-likeness (QED) is 0.344. The standard InChI is InChI=1S/C24H28N4O6S2/c1-2-34-24(31)20-14-19(15-25)21(26-23(20)35-13-12-29)28-10-8-18(9-11-28)22(30)27-36(32,33)16-17-6-4-3-5-7-17/h3-7,14,18,29H,2,8-13,16H2,1H3,(H,27,30). The van der Waals surface area contributed by atoms with Crippen molar-refractivity contribution < 1.29 is 27.9 Å². The van der Waals surface area contributed by atoms with Crippen molar-refractivity contribution in [2.45, 2.75) is 30.5 Å². The zero-order chi connectivity index (χ0) is 26.1. The number of aliphatic hydroxyl groups is 1. The minimum absolute atomic E-state index is 0.113. The summed E-state index contributed by atoms with van der Waals surface area (Å²) in [6.45, 7) is 2.49. The Morgan fingerprint density at radius 3 is 2.58 bits per heavy atom. The molecule has 1 saturated heterocycles. The second-order valence-corrected chi connectivity index (χ2v) is 10.9. The number of aliphatic hydroxyl groups excluding tert-OH is 1.